The maximum atomic E-state index is 13.7. The van der Waals surface area contributed by atoms with Gasteiger partial charge >= 0.3 is 12.1 Å². The normalized spacial score (nSPS) is 25.9. The fourth-order valence-corrected chi connectivity index (χ4v) is 3.96. The molecule has 0 radical (unpaired) electrons. The molecule has 0 aromatic heterocycles. The SMILES string of the molecule is CCOC(=O)C(=O)C1C2C[C@]2(c2cc(F)cc(F)c2)CN1C(=O)OC(C)(C)C. The van der Waals surface area contributed by atoms with E-state index in [-0.39, 0.29) is 13.2 Å². The van der Waals surface area contributed by atoms with Gasteiger partial charge in [0.25, 0.3) is 5.78 Å². The van der Waals surface area contributed by atoms with E-state index in [1.54, 1.807) is 27.7 Å². The number of nitrogens with zero attached hydrogens (tertiary/aromatic N) is 1. The Labute approximate surface area is 161 Å². The summed E-state index contributed by atoms with van der Waals surface area (Å²) in [5, 5.41) is 0. The number of Topliss-reactive ketones (excluding diaryl/α,β-unsaturated/α-hetero) is 1. The number of carbonyl (C=O) groups is 3. The minimum atomic E-state index is -1.08. The number of fused-ring (bicyclic) bond motifs is 1. The number of likely N-dealkylation sites (tertiary alicyclic amines) is 1. The Balaban J connectivity index is 1.95. The summed E-state index contributed by atoms with van der Waals surface area (Å²) >= 11 is 0. The molecule has 1 aliphatic carbocycles. The van der Waals surface area contributed by atoms with Gasteiger partial charge in [0.05, 0.1) is 6.61 Å². The lowest BCUT2D eigenvalue weighted by Crippen LogP contribution is -2.48. The first-order valence-electron chi connectivity index (χ1n) is 9.15. The van der Waals surface area contributed by atoms with Crippen molar-refractivity contribution >= 4 is 17.8 Å². The largest absolute Gasteiger partial charge is 0.460 e. The van der Waals surface area contributed by atoms with Crippen LogP contribution in [0.15, 0.2) is 18.2 Å². The minimum absolute atomic E-state index is 0.0225. The molecule has 1 aliphatic heterocycles. The zero-order valence-corrected chi connectivity index (χ0v) is 16.3. The highest BCUT2D eigenvalue weighted by Crippen LogP contribution is 2.62. The van der Waals surface area contributed by atoms with Crippen LogP contribution >= 0.6 is 0 Å². The highest BCUT2D eigenvalue weighted by molar-refractivity contribution is 6.36. The van der Waals surface area contributed by atoms with E-state index in [4.69, 9.17) is 9.47 Å². The fourth-order valence-electron chi connectivity index (χ4n) is 3.96. The lowest BCUT2D eigenvalue weighted by Gasteiger charge is -2.29. The second-order valence-electron chi connectivity index (χ2n) is 8.26. The fraction of sp³-hybridized carbons (Fsp3) is 0.550. The van der Waals surface area contributed by atoms with Crippen LogP contribution < -0.4 is 0 Å². The molecule has 8 heteroatoms. The Kier molecular flexibility index (Phi) is 4.93. The Hall–Kier alpha value is -2.51. The summed E-state index contributed by atoms with van der Waals surface area (Å²) in [7, 11) is 0. The van der Waals surface area contributed by atoms with Crippen LogP contribution in [0.4, 0.5) is 13.6 Å². The van der Waals surface area contributed by atoms with E-state index in [0.29, 0.717) is 12.0 Å². The van der Waals surface area contributed by atoms with E-state index >= 15 is 0 Å². The van der Waals surface area contributed by atoms with Crippen LogP contribution in [0.1, 0.15) is 39.7 Å². The molecular weight excluding hydrogens is 372 g/mol. The highest BCUT2D eigenvalue weighted by atomic mass is 19.1. The van der Waals surface area contributed by atoms with Gasteiger partial charge in [0.1, 0.15) is 23.3 Å². The third-order valence-corrected chi connectivity index (χ3v) is 5.11. The molecule has 6 nitrogen and oxygen atoms in total. The molecule has 28 heavy (non-hydrogen) atoms. The van der Waals surface area contributed by atoms with E-state index in [2.05, 4.69) is 0 Å². The molecule has 1 aromatic rings. The third kappa shape index (κ3) is 3.59. The number of esters is 1. The number of halogens is 2. The Morgan fingerprint density at radius 2 is 1.79 bits per heavy atom. The van der Waals surface area contributed by atoms with E-state index in [1.807, 2.05) is 0 Å². The van der Waals surface area contributed by atoms with Gasteiger partial charge in [0.2, 0.25) is 0 Å². The molecule has 0 bridgehead atoms. The summed E-state index contributed by atoms with van der Waals surface area (Å²) in [5.74, 6) is -3.79. The first-order valence-corrected chi connectivity index (χ1v) is 9.15. The molecule has 1 aromatic carbocycles. The zero-order chi connectivity index (χ0) is 20.9. The van der Waals surface area contributed by atoms with Crippen molar-refractivity contribution < 1.29 is 32.6 Å². The van der Waals surface area contributed by atoms with Gasteiger partial charge in [-0.25, -0.2) is 18.4 Å². The summed E-state index contributed by atoms with van der Waals surface area (Å²) in [6.45, 7) is 6.67. The topological polar surface area (TPSA) is 72.9 Å². The number of ketones is 1. The standard InChI is InChI=1S/C20H23F2NO5/c1-5-27-17(25)16(24)15-14-9-20(14,11-6-12(21)8-13(22)7-11)10-23(15)18(26)28-19(2,3)4/h6-8,14-15H,5,9-10H2,1-4H3/t14?,15?,20-/m1/s1. The van der Waals surface area contributed by atoms with Crippen molar-refractivity contribution in [1.29, 1.82) is 0 Å². The van der Waals surface area contributed by atoms with Crippen LogP contribution in [0.3, 0.4) is 0 Å². The van der Waals surface area contributed by atoms with Crippen LogP contribution in [-0.4, -0.2) is 47.5 Å². The average molecular weight is 395 g/mol. The highest BCUT2D eigenvalue weighted by Gasteiger charge is 2.69. The number of ether oxygens (including phenoxy) is 2. The smallest absolute Gasteiger partial charge is 0.410 e. The van der Waals surface area contributed by atoms with Gasteiger partial charge in [-0.05, 0) is 57.7 Å². The zero-order valence-electron chi connectivity index (χ0n) is 16.3. The second kappa shape index (κ2) is 6.83. The van der Waals surface area contributed by atoms with Crippen LogP contribution in [-0.2, 0) is 24.5 Å². The van der Waals surface area contributed by atoms with Crippen LogP contribution in [0.25, 0.3) is 0 Å². The van der Waals surface area contributed by atoms with Crippen LogP contribution in [0.2, 0.25) is 0 Å². The van der Waals surface area contributed by atoms with Crippen LogP contribution in [0, 0.1) is 17.6 Å². The van der Waals surface area contributed by atoms with Crippen molar-refractivity contribution in [3.8, 4) is 0 Å². The lowest BCUT2D eigenvalue weighted by molar-refractivity contribution is -0.155. The number of benzene rings is 1. The molecule has 0 N–H and O–H groups in total. The van der Waals surface area contributed by atoms with Crippen molar-refractivity contribution in [1.82, 2.24) is 4.90 Å². The first-order chi connectivity index (χ1) is 13.0. The third-order valence-electron chi connectivity index (χ3n) is 5.11. The molecular formula is C20H23F2NO5. The number of hydrogen-bond donors (Lipinski definition) is 0. The Morgan fingerprint density at radius 3 is 2.32 bits per heavy atom. The van der Waals surface area contributed by atoms with Crippen molar-refractivity contribution in [2.45, 2.75) is 51.2 Å². The lowest BCUT2D eigenvalue weighted by atomic mass is 9.93. The summed E-state index contributed by atoms with van der Waals surface area (Å²) in [5.41, 5.74) is -1.23. The van der Waals surface area contributed by atoms with Gasteiger partial charge in [-0.15, -0.1) is 0 Å². The molecule has 1 saturated carbocycles. The summed E-state index contributed by atoms with van der Waals surface area (Å²) in [4.78, 5) is 38.6. The Morgan fingerprint density at radius 1 is 1.18 bits per heavy atom. The van der Waals surface area contributed by atoms with Gasteiger partial charge < -0.3 is 9.47 Å². The molecule has 2 unspecified atom stereocenters. The monoisotopic (exact) mass is 395 g/mol. The molecule has 1 amide bonds. The Bertz CT molecular complexity index is 814. The number of rotatable bonds is 4. The average Bonchev–Trinajstić information content (AvgIpc) is 3.18. The number of piperidine rings is 1. The van der Waals surface area contributed by atoms with Crippen molar-refractivity contribution in [2.24, 2.45) is 5.92 Å². The second-order valence-corrected chi connectivity index (χ2v) is 8.26. The van der Waals surface area contributed by atoms with Crippen molar-refractivity contribution in [2.75, 3.05) is 13.2 Å². The van der Waals surface area contributed by atoms with Gasteiger partial charge in [-0.2, -0.15) is 0 Å². The van der Waals surface area contributed by atoms with Gasteiger partial charge in [0, 0.05) is 18.0 Å². The van der Waals surface area contributed by atoms with E-state index in [1.165, 1.54) is 17.0 Å². The van der Waals surface area contributed by atoms with Gasteiger partial charge in [-0.3, -0.25) is 9.69 Å². The maximum Gasteiger partial charge on any atom is 0.410 e. The van der Waals surface area contributed by atoms with Crippen molar-refractivity contribution in [3.63, 3.8) is 0 Å². The van der Waals surface area contributed by atoms with Gasteiger partial charge in [0.15, 0.2) is 0 Å². The summed E-state index contributed by atoms with van der Waals surface area (Å²) < 4.78 is 37.7. The van der Waals surface area contributed by atoms with E-state index in [9.17, 15) is 23.2 Å². The van der Waals surface area contributed by atoms with Crippen molar-refractivity contribution in [3.05, 3.63) is 35.4 Å². The summed E-state index contributed by atoms with van der Waals surface area (Å²) in [6, 6.07) is 2.08. The molecule has 2 aliphatic rings. The summed E-state index contributed by atoms with van der Waals surface area (Å²) in [6.07, 6.45) is -0.316. The molecule has 3 atom stereocenters. The molecule has 152 valence electrons. The molecule has 2 fully saturated rings. The molecule has 1 saturated heterocycles. The molecule has 0 spiro atoms. The molecule has 3 rings (SSSR count). The predicted octanol–water partition coefficient (Wildman–Crippen LogP) is 2.97. The number of amides is 1. The first kappa shape index (κ1) is 20.2. The minimum Gasteiger partial charge on any atom is -0.460 e. The van der Waals surface area contributed by atoms with Gasteiger partial charge in [-0.1, -0.05) is 0 Å². The maximum absolute atomic E-state index is 13.7. The number of carbonyl (C=O) groups excluding carboxylic acids is 3. The van der Waals surface area contributed by atoms with E-state index < -0.39 is 52.5 Å². The van der Waals surface area contributed by atoms with Crippen LogP contribution in [0.5, 0.6) is 0 Å². The predicted molar refractivity (Wildman–Crippen MR) is 94.5 cm³/mol. The molecule has 1 heterocycles. The quantitative estimate of drug-likeness (QED) is 0.579. The number of hydrogen-bond acceptors (Lipinski definition) is 5. The van der Waals surface area contributed by atoms with E-state index in [0.717, 1.165) is 6.07 Å².